The number of anilines is 1. The van der Waals surface area contributed by atoms with Gasteiger partial charge in [-0.25, -0.2) is 4.79 Å². The second-order valence-electron chi connectivity index (χ2n) is 6.90. The van der Waals surface area contributed by atoms with Gasteiger partial charge in [0.25, 0.3) is 0 Å². The lowest BCUT2D eigenvalue weighted by Crippen LogP contribution is -2.46. The number of nitrogens with zero attached hydrogens (tertiary/aromatic N) is 2. The van der Waals surface area contributed by atoms with Gasteiger partial charge < -0.3 is 19.5 Å². The van der Waals surface area contributed by atoms with Gasteiger partial charge >= 0.3 is 5.97 Å². The summed E-state index contributed by atoms with van der Waals surface area (Å²) in [5, 5.41) is 4.48. The molecular weight excluding hydrogens is 326 g/mol. The quantitative estimate of drug-likeness (QED) is 0.688. The minimum Gasteiger partial charge on any atom is -0.465 e. The molecule has 5 nitrogen and oxygen atoms in total. The number of aromatic nitrogens is 1. The van der Waals surface area contributed by atoms with Crippen molar-refractivity contribution in [1.29, 1.82) is 0 Å². The molecule has 1 saturated heterocycles. The van der Waals surface area contributed by atoms with Crippen LogP contribution < -0.4 is 10.2 Å². The Labute approximate surface area is 152 Å². The maximum absolute atomic E-state index is 12.7. The van der Waals surface area contributed by atoms with Gasteiger partial charge in [-0.2, -0.15) is 0 Å². The minimum absolute atomic E-state index is 0.105. The summed E-state index contributed by atoms with van der Waals surface area (Å²) in [5.74, 6) is -0.258. The highest BCUT2D eigenvalue weighted by atomic mass is 16.5. The Bertz CT molecular complexity index is 1010. The summed E-state index contributed by atoms with van der Waals surface area (Å²) < 4.78 is 7.48. The average molecular weight is 347 g/mol. The van der Waals surface area contributed by atoms with Crippen LogP contribution in [0.2, 0.25) is 0 Å². The highest BCUT2D eigenvalue weighted by Gasteiger charge is 2.36. The van der Waals surface area contributed by atoms with Crippen molar-refractivity contribution in [3.05, 3.63) is 65.4 Å². The van der Waals surface area contributed by atoms with Crippen LogP contribution in [0.15, 0.2) is 48.5 Å². The normalized spacial score (nSPS) is 18.7. The maximum atomic E-state index is 12.7. The number of esters is 1. The molecule has 1 aromatic heterocycles. The average Bonchev–Trinajstić information content (AvgIpc) is 2.94. The number of ether oxygens (including phenoxy) is 1. The monoisotopic (exact) mass is 347 g/mol. The molecule has 3 heterocycles. The van der Waals surface area contributed by atoms with E-state index in [9.17, 15) is 4.79 Å². The molecule has 26 heavy (non-hydrogen) atoms. The SMILES string of the molecule is COC(=O)c1c2n(c3ccccc13)Cc1ccccc1N1CCNCC21. The van der Waals surface area contributed by atoms with Gasteiger partial charge in [0.1, 0.15) is 0 Å². The van der Waals surface area contributed by atoms with Crippen LogP contribution in [0.1, 0.15) is 27.7 Å². The Morgan fingerprint density at radius 2 is 1.96 bits per heavy atom. The lowest BCUT2D eigenvalue weighted by molar-refractivity contribution is 0.0600. The number of rotatable bonds is 1. The summed E-state index contributed by atoms with van der Waals surface area (Å²) in [6.45, 7) is 3.44. The number of methoxy groups -OCH3 is 1. The summed E-state index contributed by atoms with van der Waals surface area (Å²) in [4.78, 5) is 15.2. The molecule has 0 amide bonds. The van der Waals surface area contributed by atoms with Crippen LogP contribution >= 0.6 is 0 Å². The van der Waals surface area contributed by atoms with Crippen LogP contribution in [-0.2, 0) is 11.3 Å². The standard InChI is InChI=1S/C21H21N3O2/c1-26-21(25)19-15-7-3-5-9-17(15)24-13-14-6-2-4-8-16(14)23-11-10-22-12-18(23)20(19)24/h2-9,18,22H,10-13H2,1H3. The molecule has 0 spiro atoms. The van der Waals surface area contributed by atoms with E-state index in [4.69, 9.17) is 4.74 Å². The van der Waals surface area contributed by atoms with Crippen molar-refractivity contribution in [2.75, 3.05) is 31.6 Å². The molecule has 1 N–H and O–H groups in total. The third-order valence-corrected chi connectivity index (χ3v) is 5.59. The fourth-order valence-electron chi connectivity index (χ4n) is 4.49. The molecule has 3 aromatic rings. The van der Waals surface area contributed by atoms with E-state index in [1.165, 1.54) is 18.4 Å². The first-order chi connectivity index (χ1) is 12.8. The van der Waals surface area contributed by atoms with Gasteiger partial charge in [0.15, 0.2) is 0 Å². The second-order valence-corrected chi connectivity index (χ2v) is 6.90. The maximum Gasteiger partial charge on any atom is 0.340 e. The van der Waals surface area contributed by atoms with Crippen molar-refractivity contribution in [2.24, 2.45) is 0 Å². The lowest BCUT2D eigenvalue weighted by Gasteiger charge is -2.37. The number of hydrogen-bond donors (Lipinski definition) is 1. The summed E-state index contributed by atoms with van der Waals surface area (Å²) in [7, 11) is 1.46. The number of carbonyl (C=O) groups is 1. The Hall–Kier alpha value is -2.79. The number of fused-ring (bicyclic) bond motifs is 7. The first-order valence-electron chi connectivity index (χ1n) is 9.04. The van der Waals surface area contributed by atoms with E-state index < -0.39 is 0 Å². The van der Waals surface area contributed by atoms with Crippen LogP contribution in [0.4, 0.5) is 5.69 Å². The molecule has 2 aliphatic rings. The molecule has 1 unspecified atom stereocenters. The minimum atomic E-state index is -0.258. The topological polar surface area (TPSA) is 46.5 Å². The molecule has 0 saturated carbocycles. The Balaban J connectivity index is 1.86. The van der Waals surface area contributed by atoms with Crippen LogP contribution in [0.25, 0.3) is 10.9 Å². The molecule has 5 rings (SSSR count). The third-order valence-electron chi connectivity index (χ3n) is 5.59. The summed E-state index contributed by atoms with van der Waals surface area (Å²) >= 11 is 0. The zero-order valence-electron chi connectivity index (χ0n) is 14.7. The van der Waals surface area contributed by atoms with Crippen molar-refractivity contribution in [3.8, 4) is 0 Å². The third kappa shape index (κ3) is 2.10. The number of piperazine rings is 1. The number of para-hydroxylation sites is 2. The Morgan fingerprint density at radius 3 is 2.85 bits per heavy atom. The van der Waals surface area contributed by atoms with Crippen molar-refractivity contribution < 1.29 is 9.53 Å². The number of nitrogens with one attached hydrogen (secondary N) is 1. The fraction of sp³-hybridized carbons (Fsp3) is 0.286. The second kappa shape index (κ2) is 5.88. The van der Waals surface area contributed by atoms with E-state index in [1.807, 2.05) is 18.2 Å². The molecule has 132 valence electrons. The van der Waals surface area contributed by atoms with E-state index in [2.05, 4.69) is 45.1 Å². The lowest BCUT2D eigenvalue weighted by atomic mass is 10.0. The van der Waals surface area contributed by atoms with Gasteiger partial charge in [-0.05, 0) is 17.7 Å². The van der Waals surface area contributed by atoms with Crippen LogP contribution in [0, 0.1) is 0 Å². The molecule has 0 radical (unpaired) electrons. The van der Waals surface area contributed by atoms with E-state index in [0.717, 1.165) is 42.8 Å². The van der Waals surface area contributed by atoms with E-state index >= 15 is 0 Å². The number of benzene rings is 2. The summed E-state index contributed by atoms with van der Waals surface area (Å²) in [6.07, 6.45) is 0. The van der Waals surface area contributed by atoms with Gasteiger partial charge in [0.05, 0.1) is 24.4 Å². The summed E-state index contributed by atoms with van der Waals surface area (Å²) in [5.41, 5.74) is 5.40. The van der Waals surface area contributed by atoms with Crippen LogP contribution in [0.5, 0.6) is 0 Å². The molecule has 0 aliphatic carbocycles. The zero-order chi connectivity index (χ0) is 17.7. The van der Waals surface area contributed by atoms with Gasteiger partial charge in [0.2, 0.25) is 0 Å². The molecule has 0 bridgehead atoms. The van der Waals surface area contributed by atoms with Gasteiger partial charge in [0, 0.05) is 42.8 Å². The van der Waals surface area contributed by atoms with Gasteiger partial charge in [-0.15, -0.1) is 0 Å². The predicted octanol–water partition coefficient (Wildman–Crippen LogP) is 2.94. The van der Waals surface area contributed by atoms with Gasteiger partial charge in [-0.3, -0.25) is 0 Å². The fourth-order valence-corrected chi connectivity index (χ4v) is 4.49. The van der Waals surface area contributed by atoms with E-state index in [1.54, 1.807) is 0 Å². The number of carbonyl (C=O) groups excluding carboxylic acids is 1. The molecule has 2 aromatic carbocycles. The van der Waals surface area contributed by atoms with Crippen molar-refractivity contribution in [2.45, 2.75) is 12.6 Å². The zero-order valence-corrected chi connectivity index (χ0v) is 14.7. The Morgan fingerprint density at radius 1 is 1.15 bits per heavy atom. The highest BCUT2D eigenvalue weighted by molar-refractivity contribution is 6.06. The first-order valence-corrected chi connectivity index (χ1v) is 9.04. The van der Waals surface area contributed by atoms with E-state index in [-0.39, 0.29) is 12.0 Å². The van der Waals surface area contributed by atoms with Crippen molar-refractivity contribution >= 4 is 22.6 Å². The summed E-state index contributed by atoms with van der Waals surface area (Å²) in [6, 6.07) is 16.8. The molecular formula is C21H21N3O2. The van der Waals surface area contributed by atoms with Crippen molar-refractivity contribution in [1.82, 2.24) is 9.88 Å². The Kier molecular flexibility index (Phi) is 3.50. The van der Waals surface area contributed by atoms with E-state index in [0.29, 0.717) is 5.56 Å². The smallest absolute Gasteiger partial charge is 0.340 e. The van der Waals surface area contributed by atoms with Gasteiger partial charge in [-0.1, -0.05) is 36.4 Å². The van der Waals surface area contributed by atoms with Crippen molar-refractivity contribution in [3.63, 3.8) is 0 Å². The molecule has 2 aliphatic heterocycles. The highest BCUT2D eigenvalue weighted by Crippen LogP contribution is 2.40. The molecule has 1 fully saturated rings. The predicted molar refractivity (Wildman–Crippen MR) is 102 cm³/mol. The van der Waals surface area contributed by atoms with Crippen LogP contribution in [0.3, 0.4) is 0 Å². The largest absolute Gasteiger partial charge is 0.465 e. The van der Waals surface area contributed by atoms with Crippen LogP contribution in [-0.4, -0.2) is 37.3 Å². The molecule has 1 atom stereocenters. The first kappa shape index (κ1) is 15.5. The molecule has 5 heteroatoms. The number of hydrogen-bond acceptors (Lipinski definition) is 4.